The molecule has 0 aliphatic rings. The molecule has 2 rings (SSSR count). The minimum Gasteiger partial charge on any atom is -0.483 e. The van der Waals surface area contributed by atoms with Gasteiger partial charge in [0.05, 0.1) is 4.47 Å². The van der Waals surface area contributed by atoms with Crippen molar-refractivity contribution >= 4 is 45.4 Å². The van der Waals surface area contributed by atoms with Crippen molar-refractivity contribution in [3.63, 3.8) is 0 Å². The van der Waals surface area contributed by atoms with Crippen LogP contribution in [0.1, 0.15) is 5.56 Å². The average Bonchev–Trinajstić information content (AvgIpc) is 2.58. The van der Waals surface area contributed by atoms with Gasteiger partial charge >= 0.3 is 0 Å². The molecule has 0 unspecified atom stereocenters. The minimum atomic E-state index is -0.537. The summed E-state index contributed by atoms with van der Waals surface area (Å²) in [6.07, 6.45) is 2.70. The highest BCUT2D eigenvalue weighted by Crippen LogP contribution is 2.27. The largest absolute Gasteiger partial charge is 0.483 e. The van der Waals surface area contributed by atoms with E-state index in [2.05, 4.69) is 26.8 Å². The second-order valence-corrected chi connectivity index (χ2v) is 6.08. The summed E-state index contributed by atoms with van der Waals surface area (Å²) in [7, 11) is 0. The topological polar surface area (TPSA) is 67.4 Å². The van der Waals surface area contributed by atoms with Crippen LogP contribution in [0.4, 0.5) is 4.39 Å². The van der Waals surface area contributed by atoms with E-state index in [0.717, 1.165) is 0 Å². The highest BCUT2D eigenvalue weighted by atomic mass is 79.9. The summed E-state index contributed by atoms with van der Waals surface area (Å²) in [5.74, 6) is -0.987. The van der Waals surface area contributed by atoms with Gasteiger partial charge in [-0.2, -0.15) is 0 Å². The van der Waals surface area contributed by atoms with Crippen LogP contribution in [0.5, 0.6) is 5.75 Å². The van der Waals surface area contributed by atoms with E-state index in [1.165, 1.54) is 36.4 Å². The molecule has 0 aromatic heterocycles. The van der Waals surface area contributed by atoms with E-state index in [4.69, 9.17) is 16.3 Å². The number of ether oxygens (including phenoxy) is 1. The smallest absolute Gasteiger partial charge is 0.276 e. The van der Waals surface area contributed by atoms with Crippen molar-refractivity contribution in [1.29, 1.82) is 0 Å². The highest BCUT2D eigenvalue weighted by molar-refractivity contribution is 9.10. The summed E-state index contributed by atoms with van der Waals surface area (Å²) >= 11 is 9.07. The van der Waals surface area contributed by atoms with Crippen molar-refractivity contribution in [3.05, 3.63) is 69.4 Å². The maximum atomic E-state index is 12.8. The molecule has 130 valence electrons. The van der Waals surface area contributed by atoms with E-state index in [9.17, 15) is 14.0 Å². The van der Waals surface area contributed by atoms with Gasteiger partial charge in [0, 0.05) is 11.1 Å². The molecule has 5 nitrogen and oxygen atoms in total. The molecule has 0 saturated heterocycles. The molecule has 0 aliphatic heterocycles. The van der Waals surface area contributed by atoms with Crippen LogP contribution in [0.2, 0.25) is 5.02 Å². The molecule has 0 saturated carbocycles. The zero-order valence-electron chi connectivity index (χ0n) is 12.8. The van der Waals surface area contributed by atoms with E-state index in [-0.39, 0.29) is 12.4 Å². The van der Waals surface area contributed by atoms with Crippen molar-refractivity contribution in [2.24, 2.45) is 0 Å². The van der Waals surface area contributed by atoms with E-state index in [1.54, 1.807) is 18.2 Å². The second-order valence-electron chi connectivity index (χ2n) is 4.79. The molecule has 8 heteroatoms. The Bertz CT molecular complexity index is 797. The van der Waals surface area contributed by atoms with Crippen LogP contribution in [-0.2, 0) is 9.59 Å². The summed E-state index contributed by atoms with van der Waals surface area (Å²) < 4.78 is 18.7. The molecule has 2 aromatic rings. The number of benzene rings is 2. The zero-order valence-corrected chi connectivity index (χ0v) is 15.1. The highest BCUT2D eigenvalue weighted by Gasteiger charge is 2.06. The Morgan fingerprint density at radius 2 is 1.88 bits per heavy atom. The third kappa shape index (κ3) is 6.56. The van der Waals surface area contributed by atoms with Crippen LogP contribution < -0.4 is 15.6 Å². The lowest BCUT2D eigenvalue weighted by Crippen LogP contribution is -2.43. The third-order valence-electron chi connectivity index (χ3n) is 2.87. The number of amides is 2. The van der Waals surface area contributed by atoms with Crippen LogP contribution in [-0.4, -0.2) is 18.4 Å². The molecule has 0 fully saturated rings. The Balaban J connectivity index is 1.75. The van der Waals surface area contributed by atoms with Crippen LogP contribution >= 0.6 is 27.5 Å². The molecule has 0 bridgehead atoms. The van der Waals surface area contributed by atoms with Gasteiger partial charge in [-0.15, -0.1) is 0 Å². The predicted octanol–water partition coefficient (Wildman–Crippen LogP) is 3.48. The fourth-order valence-electron chi connectivity index (χ4n) is 1.69. The van der Waals surface area contributed by atoms with Crippen molar-refractivity contribution in [2.45, 2.75) is 0 Å². The molecule has 25 heavy (non-hydrogen) atoms. The van der Waals surface area contributed by atoms with Gasteiger partial charge < -0.3 is 4.74 Å². The molecule has 0 aliphatic carbocycles. The van der Waals surface area contributed by atoms with Crippen LogP contribution in [0, 0.1) is 5.82 Å². The Labute approximate surface area is 156 Å². The first-order valence-electron chi connectivity index (χ1n) is 7.04. The maximum absolute atomic E-state index is 12.8. The minimum absolute atomic E-state index is 0.289. The van der Waals surface area contributed by atoms with Gasteiger partial charge in [0.15, 0.2) is 6.61 Å². The lowest BCUT2D eigenvalue weighted by molar-refractivity contribution is -0.128. The summed E-state index contributed by atoms with van der Waals surface area (Å²) in [5, 5.41) is 0.531. The van der Waals surface area contributed by atoms with Gasteiger partial charge in [0.1, 0.15) is 11.6 Å². The van der Waals surface area contributed by atoms with Gasteiger partial charge in [-0.3, -0.25) is 20.4 Å². The summed E-state index contributed by atoms with van der Waals surface area (Å²) in [6, 6.07) is 10.5. The third-order valence-corrected chi connectivity index (χ3v) is 3.73. The second kappa shape index (κ2) is 9.19. The van der Waals surface area contributed by atoms with E-state index < -0.39 is 11.8 Å². The number of carbonyl (C=O) groups excluding carboxylic acids is 2. The lowest BCUT2D eigenvalue weighted by atomic mass is 10.2. The number of nitrogens with one attached hydrogen (secondary N) is 2. The zero-order chi connectivity index (χ0) is 18.2. The molecule has 2 N–H and O–H groups in total. The molecule has 2 aromatic carbocycles. The first-order valence-corrected chi connectivity index (χ1v) is 8.21. The summed E-state index contributed by atoms with van der Waals surface area (Å²) in [6.45, 7) is -0.289. The van der Waals surface area contributed by atoms with Gasteiger partial charge in [-0.1, -0.05) is 23.7 Å². The Morgan fingerprint density at radius 3 is 2.56 bits per heavy atom. The number of hydrogen-bond acceptors (Lipinski definition) is 3. The molecule has 0 atom stereocenters. The van der Waals surface area contributed by atoms with Gasteiger partial charge in [-0.05, 0) is 57.9 Å². The van der Waals surface area contributed by atoms with E-state index in [0.29, 0.717) is 20.8 Å². The van der Waals surface area contributed by atoms with Crippen molar-refractivity contribution < 1.29 is 18.7 Å². The van der Waals surface area contributed by atoms with Crippen LogP contribution in [0.25, 0.3) is 6.08 Å². The van der Waals surface area contributed by atoms with Crippen LogP contribution in [0.15, 0.2) is 53.0 Å². The number of hydrazine groups is 1. The average molecular weight is 428 g/mol. The van der Waals surface area contributed by atoms with E-state index >= 15 is 0 Å². The fraction of sp³-hybridized carbons (Fsp3) is 0.0588. The van der Waals surface area contributed by atoms with Gasteiger partial charge in [0.2, 0.25) is 0 Å². The molecular weight excluding hydrogens is 415 g/mol. The fourth-order valence-corrected chi connectivity index (χ4v) is 2.49. The number of halogens is 3. The standard InChI is InChI=1S/C17H13BrClFN2O3/c18-14-9-12(19)4-7-15(14)25-10-17(24)22-21-16(23)8-3-11-1-5-13(20)6-2-11/h1-9H,10H2,(H,21,23)(H,22,24)/b8-3+. The monoisotopic (exact) mass is 426 g/mol. The molecule has 2 amide bonds. The molecule has 0 radical (unpaired) electrons. The van der Waals surface area contributed by atoms with Crippen molar-refractivity contribution in [1.82, 2.24) is 10.9 Å². The summed E-state index contributed by atoms with van der Waals surface area (Å²) in [5.41, 5.74) is 5.08. The Morgan fingerprint density at radius 1 is 1.16 bits per heavy atom. The number of carbonyl (C=O) groups is 2. The van der Waals surface area contributed by atoms with Gasteiger partial charge in [0.25, 0.3) is 11.8 Å². The molecule has 0 spiro atoms. The molecule has 0 heterocycles. The maximum Gasteiger partial charge on any atom is 0.276 e. The van der Waals surface area contributed by atoms with E-state index in [1.807, 2.05) is 0 Å². The summed E-state index contributed by atoms with van der Waals surface area (Å²) in [4.78, 5) is 23.3. The van der Waals surface area contributed by atoms with Crippen LogP contribution in [0.3, 0.4) is 0 Å². The molecular formula is C17H13BrClFN2O3. The Hall–Kier alpha value is -2.38. The first kappa shape index (κ1) is 19.0. The number of rotatable bonds is 5. The lowest BCUT2D eigenvalue weighted by Gasteiger charge is -2.09. The number of hydrogen-bond donors (Lipinski definition) is 2. The normalized spacial score (nSPS) is 10.5. The first-order chi connectivity index (χ1) is 11.9. The quantitative estimate of drug-likeness (QED) is 0.567. The van der Waals surface area contributed by atoms with Crippen molar-refractivity contribution in [2.75, 3.05) is 6.61 Å². The van der Waals surface area contributed by atoms with Crippen molar-refractivity contribution in [3.8, 4) is 5.75 Å². The van der Waals surface area contributed by atoms with Gasteiger partial charge in [-0.25, -0.2) is 4.39 Å². The SMILES string of the molecule is O=C(/C=C/c1ccc(F)cc1)NNC(=O)COc1ccc(Cl)cc1Br. The Kier molecular flexibility index (Phi) is 6.97. The predicted molar refractivity (Wildman–Crippen MR) is 96.4 cm³/mol.